The van der Waals surface area contributed by atoms with Crippen molar-refractivity contribution >= 4 is 5.97 Å². The van der Waals surface area contributed by atoms with Gasteiger partial charge in [-0.2, -0.15) is 0 Å². The van der Waals surface area contributed by atoms with Crippen molar-refractivity contribution in [2.75, 3.05) is 7.11 Å². The number of methoxy groups -OCH3 is 1. The molecule has 0 aliphatic carbocycles. The van der Waals surface area contributed by atoms with E-state index < -0.39 is 0 Å². The van der Waals surface area contributed by atoms with Gasteiger partial charge in [0.1, 0.15) is 0 Å². The molecular weight excluding hydrogens is 320 g/mol. The number of carbonyl (C=O) groups is 1. The number of allylic oxidation sites excluding steroid dienone is 8. The fraction of sp³-hybridized carbons (Fsp3) is 0.625. The number of carbonyl (C=O) groups excluding carboxylic acids is 1. The summed E-state index contributed by atoms with van der Waals surface area (Å²) >= 11 is 0. The molecule has 148 valence electrons. The maximum absolute atomic E-state index is 10.9. The minimum Gasteiger partial charge on any atom is -0.469 e. The summed E-state index contributed by atoms with van der Waals surface area (Å²) in [7, 11) is 1.43. The Morgan fingerprint density at radius 3 is 1.92 bits per heavy atom. The number of rotatable bonds is 15. The molecule has 0 spiro atoms. The average Bonchev–Trinajstić information content (AvgIpc) is 2.62. The molecule has 0 unspecified atom stereocenters. The predicted molar refractivity (Wildman–Crippen MR) is 114 cm³/mol. The summed E-state index contributed by atoms with van der Waals surface area (Å²) in [5.74, 6) is -0.125. The molecule has 26 heavy (non-hydrogen) atoms. The zero-order valence-corrected chi connectivity index (χ0v) is 17.5. The van der Waals surface area contributed by atoms with Crippen LogP contribution in [0.5, 0.6) is 0 Å². The van der Waals surface area contributed by atoms with Gasteiger partial charge in [0.15, 0.2) is 0 Å². The van der Waals surface area contributed by atoms with Gasteiger partial charge in [-0.1, -0.05) is 82.2 Å². The van der Waals surface area contributed by atoms with Gasteiger partial charge in [0.05, 0.1) is 7.11 Å². The third kappa shape index (κ3) is 17.3. The van der Waals surface area contributed by atoms with Gasteiger partial charge in [-0.25, -0.2) is 0 Å². The van der Waals surface area contributed by atoms with E-state index in [9.17, 15) is 4.79 Å². The largest absolute Gasteiger partial charge is 0.469 e. The maximum Gasteiger partial charge on any atom is 0.305 e. The standard InChI is InChI=1S/C24H40O2/c1-5-6-21-24(2,3)22-19-17-15-13-11-9-7-8-10-12-14-16-18-20-23(25)26-4/h7-8,11-14,17,19H,5-6,9-10,15-16,18,20-22H2,1-4H3/b8-7-,13-11-,14-12-,19-17-. The summed E-state index contributed by atoms with van der Waals surface area (Å²) in [6, 6.07) is 0. The van der Waals surface area contributed by atoms with Crippen molar-refractivity contribution in [1.29, 1.82) is 0 Å². The highest BCUT2D eigenvalue weighted by atomic mass is 16.5. The monoisotopic (exact) mass is 360 g/mol. The van der Waals surface area contributed by atoms with Crippen LogP contribution in [0.1, 0.15) is 85.0 Å². The molecule has 0 saturated carbocycles. The molecule has 0 saturated heterocycles. The van der Waals surface area contributed by atoms with E-state index in [1.54, 1.807) is 0 Å². The molecule has 0 heterocycles. The summed E-state index contributed by atoms with van der Waals surface area (Å²) in [6.45, 7) is 6.98. The lowest BCUT2D eigenvalue weighted by Crippen LogP contribution is -2.09. The highest BCUT2D eigenvalue weighted by Crippen LogP contribution is 2.27. The molecule has 0 aliphatic heterocycles. The predicted octanol–water partition coefficient (Wildman–Crippen LogP) is 7.33. The van der Waals surface area contributed by atoms with Crippen LogP contribution in [0, 0.1) is 5.41 Å². The van der Waals surface area contributed by atoms with E-state index in [1.165, 1.54) is 32.8 Å². The molecule has 0 aromatic carbocycles. The number of esters is 1. The lowest BCUT2D eigenvalue weighted by Gasteiger charge is -2.22. The van der Waals surface area contributed by atoms with Gasteiger partial charge >= 0.3 is 5.97 Å². The van der Waals surface area contributed by atoms with Gasteiger partial charge in [0, 0.05) is 6.42 Å². The Kier molecular flexibility index (Phi) is 15.9. The first-order chi connectivity index (χ1) is 12.5. The van der Waals surface area contributed by atoms with Gasteiger partial charge in [-0.05, 0) is 50.4 Å². The third-order valence-electron chi connectivity index (χ3n) is 4.34. The zero-order chi connectivity index (χ0) is 19.5. The van der Waals surface area contributed by atoms with Crippen LogP contribution in [-0.2, 0) is 9.53 Å². The van der Waals surface area contributed by atoms with Crippen molar-refractivity contribution in [3.63, 3.8) is 0 Å². The van der Waals surface area contributed by atoms with Crippen LogP contribution >= 0.6 is 0 Å². The molecule has 0 bridgehead atoms. The Bertz CT molecular complexity index is 453. The van der Waals surface area contributed by atoms with Gasteiger partial charge < -0.3 is 4.74 Å². The summed E-state index contributed by atoms with van der Waals surface area (Å²) in [6.07, 6.45) is 28.1. The quantitative estimate of drug-likeness (QED) is 0.173. The van der Waals surface area contributed by atoms with E-state index in [-0.39, 0.29) is 5.97 Å². The smallest absolute Gasteiger partial charge is 0.305 e. The molecule has 0 aromatic rings. The van der Waals surface area contributed by atoms with Gasteiger partial charge in [-0.3, -0.25) is 4.79 Å². The van der Waals surface area contributed by atoms with E-state index in [1.807, 2.05) is 0 Å². The number of ether oxygens (including phenoxy) is 1. The number of hydrogen-bond acceptors (Lipinski definition) is 2. The van der Waals surface area contributed by atoms with Crippen molar-refractivity contribution in [3.8, 4) is 0 Å². The molecule has 0 aliphatic rings. The van der Waals surface area contributed by atoms with Crippen molar-refractivity contribution in [1.82, 2.24) is 0 Å². The third-order valence-corrected chi connectivity index (χ3v) is 4.34. The minimum absolute atomic E-state index is 0.125. The molecule has 0 N–H and O–H groups in total. The number of unbranched alkanes of at least 4 members (excludes halogenated alkanes) is 2. The van der Waals surface area contributed by atoms with Crippen LogP contribution in [0.15, 0.2) is 48.6 Å². The number of hydrogen-bond donors (Lipinski definition) is 0. The molecule has 0 fully saturated rings. The maximum atomic E-state index is 10.9. The Morgan fingerprint density at radius 2 is 1.38 bits per heavy atom. The molecule has 2 nitrogen and oxygen atoms in total. The molecule has 0 amide bonds. The van der Waals surface area contributed by atoms with Crippen molar-refractivity contribution < 1.29 is 9.53 Å². The van der Waals surface area contributed by atoms with E-state index in [4.69, 9.17) is 0 Å². The fourth-order valence-electron chi connectivity index (χ4n) is 2.56. The molecule has 2 heteroatoms. The van der Waals surface area contributed by atoms with Crippen molar-refractivity contribution in [2.24, 2.45) is 5.41 Å². The van der Waals surface area contributed by atoms with Crippen LogP contribution in [0.3, 0.4) is 0 Å². The Morgan fingerprint density at radius 1 is 0.846 bits per heavy atom. The van der Waals surface area contributed by atoms with Crippen molar-refractivity contribution in [2.45, 2.75) is 85.0 Å². The Labute approximate surface area is 162 Å². The Balaban J connectivity index is 3.64. The van der Waals surface area contributed by atoms with E-state index in [0.29, 0.717) is 11.8 Å². The SMILES string of the molecule is CCCCC(C)(C)C/C=C\C/C=C\C/C=C\C/C=C\CCCC(=O)OC. The van der Waals surface area contributed by atoms with E-state index >= 15 is 0 Å². The first-order valence-corrected chi connectivity index (χ1v) is 10.2. The molecule has 0 aromatic heterocycles. The van der Waals surface area contributed by atoms with Gasteiger partial charge in [0.2, 0.25) is 0 Å². The second-order valence-electron chi connectivity index (χ2n) is 7.53. The first kappa shape index (κ1) is 24.4. The minimum atomic E-state index is -0.125. The van der Waals surface area contributed by atoms with E-state index in [0.717, 1.165) is 32.1 Å². The van der Waals surface area contributed by atoms with Gasteiger partial charge in [-0.15, -0.1) is 0 Å². The highest BCUT2D eigenvalue weighted by molar-refractivity contribution is 5.69. The van der Waals surface area contributed by atoms with Crippen LogP contribution in [-0.4, -0.2) is 13.1 Å². The van der Waals surface area contributed by atoms with E-state index in [2.05, 4.69) is 74.1 Å². The van der Waals surface area contributed by atoms with Crippen LogP contribution in [0.25, 0.3) is 0 Å². The van der Waals surface area contributed by atoms with Crippen molar-refractivity contribution in [3.05, 3.63) is 48.6 Å². The Hall–Kier alpha value is -1.57. The highest BCUT2D eigenvalue weighted by Gasteiger charge is 2.14. The first-order valence-electron chi connectivity index (χ1n) is 10.2. The second-order valence-corrected chi connectivity index (χ2v) is 7.53. The van der Waals surface area contributed by atoms with Gasteiger partial charge in [0.25, 0.3) is 0 Å². The molecule has 0 radical (unpaired) electrons. The fourth-order valence-corrected chi connectivity index (χ4v) is 2.56. The molecular formula is C24H40O2. The van der Waals surface area contributed by atoms with Crippen LogP contribution in [0.4, 0.5) is 0 Å². The normalized spacial score (nSPS) is 12.9. The summed E-state index contributed by atoms with van der Waals surface area (Å²) < 4.78 is 4.61. The molecule has 0 atom stereocenters. The zero-order valence-electron chi connectivity index (χ0n) is 17.5. The lowest BCUT2D eigenvalue weighted by molar-refractivity contribution is -0.140. The lowest BCUT2D eigenvalue weighted by atomic mass is 9.84. The molecule has 0 rings (SSSR count). The summed E-state index contributed by atoms with van der Waals surface area (Å²) in [4.78, 5) is 10.9. The summed E-state index contributed by atoms with van der Waals surface area (Å²) in [5, 5.41) is 0. The average molecular weight is 361 g/mol. The van der Waals surface area contributed by atoms with Crippen LogP contribution in [0.2, 0.25) is 0 Å². The summed E-state index contributed by atoms with van der Waals surface area (Å²) in [5.41, 5.74) is 0.436. The second kappa shape index (κ2) is 16.9. The van der Waals surface area contributed by atoms with Crippen LogP contribution < -0.4 is 0 Å². The topological polar surface area (TPSA) is 26.3 Å².